The number of aromatic hydroxyl groups is 1. The van der Waals surface area contributed by atoms with Crippen molar-refractivity contribution in [1.29, 1.82) is 5.26 Å². The number of terminal acetylenes is 1. The van der Waals surface area contributed by atoms with Crippen LogP contribution in [0.25, 0.3) is 11.1 Å². The van der Waals surface area contributed by atoms with Crippen molar-refractivity contribution in [3.05, 3.63) is 47.5 Å². The number of nitriles is 1. The van der Waals surface area contributed by atoms with Crippen LogP contribution in [0.1, 0.15) is 11.1 Å². The van der Waals surface area contributed by atoms with Gasteiger partial charge in [0.05, 0.1) is 12.7 Å². The lowest BCUT2D eigenvalue weighted by Crippen LogP contribution is -1.90. The molecular weight excluding hydrogens is 238 g/mol. The lowest BCUT2D eigenvalue weighted by Gasteiger charge is -2.09. The Morgan fingerprint density at radius 1 is 1.26 bits per heavy atom. The van der Waals surface area contributed by atoms with Crippen molar-refractivity contribution in [3.8, 4) is 41.0 Å². The maximum atomic E-state index is 9.59. The van der Waals surface area contributed by atoms with Crippen LogP contribution in [0.2, 0.25) is 0 Å². The molecule has 92 valence electrons. The largest absolute Gasteiger partial charge is 0.504 e. The molecule has 2 rings (SSSR count). The predicted molar refractivity (Wildman–Crippen MR) is 72.7 cm³/mol. The van der Waals surface area contributed by atoms with Gasteiger partial charge in [0.15, 0.2) is 11.5 Å². The van der Waals surface area contributed by atoms with Gasteiger partial charge in [-0.25, -0.2) is 0 Å². The number of benzene rings is 2. The minimum atomic E-state index is 0.0601. The number of phenolic OH excluding ortho intramolecular Hbond substituents is 1. The van der Waals surface area contributed by atoms with Crippen LogP contribution >= 0.6 is 0 Å². The first-order valence-corrected chi connectivity index (χ1v) is 5.58. The van der Waals surface area contributed by atoms with Crippen molar-refractivity contribution in [2.45, 2.75) is 0 Å². The Bertz CT molecular complexity index is 706. The molecule has 0 aromatic heterocycles. The summed E-state index contributed by atoms with van der Waals surface area (Å²) in [4.78, 5) is 0. The molecule has 3 heteroatoms. The monoisotopic (exact) mass is 249 g/mol. The van der Waals surface area contributed by atoms with Crippen LogP contribution in [0.3, 0.4) is 0 Å². The maximum Gasteiger partial charge on any atom is 0.161 e. The summed E-state index contributed by atoms with van der Waals surface area (Å²) >= 11 is 0. The molecule has 0 atom stereocenters. The predicted octanol–water partition coefficient (Wildman–Crippen LogP) is 2.92. The molecule has 3 nitrogen and oxygen atoms in total. The number of ether oxygens (including phenoxy) is 1. The molecular formula is C16H11NO2. The molecule has 0 unspecified atom stereocenters. The minimum Gasteiger partial charge on any atom is -0.504 e. The van der Waals surface area contributed by atoms with E-state index in [0.717, 1.165) is 11.1 Å². The summed E-state index contributed by atoms with van der Waals surface area (Å²) in [6.45, 7) is 0. The van der Waals surface area contributed by atoms with Crippen LogP contribution in [-0.2, 0) is 0 Å². The Morgan fingerprint density at radius 3 is 2.68 bits per heavy atom. The number of hydrogen-bond acceptors (Lipinski definition) is 3. The Balaban J connectivity index is 2.67. The van der Waals surface area contributed by atoms with E-state index in [9.17, 15) is 5.11 Å². The molecule has 0 radical (unpaired) electrons. The highest BCUT2D eigenvalue weighted by molar-refractivity contribution is 5.75. The number of nitrogens with zero attached hydrogens (tertiary/aromatic N) is 1. The minimum absolute atomic E-state index is 0.0601. The first-order chi connectivity index (χ1) is 9.21. The molecule has 0 aliphatic carbocycles. The van der Waals surface area contributed by atoms with Gasteiger partial charge in [-0.05, 0) is 29.3 Å². The van der Waals surface area contributed by atoms with Crippen molar-refractivity contribution in [1.82, 2.24) is 0 Å². The first-order valence-electron chi connectivity index (χ1n) is 5.58. The SMILES string of the molecule is C#Cc1c(C#N)cccc1-c1ccc(O)c(OC)c1. The van der Waals surface area contributed by atoms with Gasteiger partial charge in [0, 0.05) is 5.56 Å². The van der Waals surface area contributed by atoms with Gasteiger partial charge in [-0.3, -0.25) is 0 Å². The number of hydrogen-bond donors (Lipinski definition) is 1. The molecule has 0 amide bonds. The fourth-order valence-corrected chi connectivity index (χ4v) is 1.89. The van der Waals surface area contributed by atoms with E-state index >= 15 is 0 Å². The zero-order chi connectivity index (χ0) is 13.8. The van der Waals surface area contributed by atoms with Crippen molar-refractivity contribution in [2.75, 3.05) is 7.11 Å². The maximum absolute atomic E-state index is 9.59. The molecule has 0 saturated carbocycles. The number of rotatable bonds is 2. The van der Waals surface area contributed by atoms with Crippen molar-refractivity contribution < 1.29 is 9.84 Å². The van der Waals surface area contributed by atoms with Crippen LogP contribution in [0.15, 0.2) is 36.4 Å². The number of phenols is 1. The van der Waals surface area contributed by atoms with Gasteiger partial charge in [-0.2, -0.15) is 5.26 Å². The molecule has 0 aliphatic heterocycles. The second-order valence-corrected chi connectivity index (χ2v) is 3.87. The van der Waals surface area contributed by atoms with E-state index in [2.05, 4.69) is 12.0 Å². The van der Waals surface area contributed by atoms with Crippen LogP contribution in [0.4, 0.5) is 0 Å². The van der Waals surface area contributed by atoms with Crippen LogP contribution in [0.5, 0.6) is 11.5 Å². The highest BCUT2D eigenvalue weighted by atomic mass is 16.5. The van der Waals surface area contributed by atoms with E-state index in [-0.39, 0.29) is 5.75 Å². The quantitative estimate of drug-likeness (QED) is 0.832. The Labute approximate surface area is 111 Å². The van der Waals surface area contributed by atoms with E-state index in [1.165, 1.54) is 13.2 Å². The fourth-order valence-electron chi connectivity index (χ4n) is 1.89. The molecule has 2 aromatic carbocycles. The van der Waals surface area contributed by atoms with Crippen LogP contribution in [-0.4, -0.2) is 12.2 Å². The second-order valence-electron chi connectivity index (χ2n) is 3.87. The summed E-state index contributed by atoms with van der Waals surface area (Å²) < 4.78 is 5.07. The molecule has 0 spiro atoms. The summed E-state index contributed by atoms with van der Waals surface area (Å²) in [6.07, 6.45) is 5.48. The molecule has 0 heterocycles. The lowest BCUT2D eigenvalue weighted by molar-refractivity contribution is 0.373. The zero-order valence-corrected chi connectivity index (χ0v) is 10.3. The third-order valence-electron chi connectivity index (χ3n) is 2.82. The molecule has 2 aromatic rings. The van der Waals surface area contributed by atoms with Gasteiger partial charge in [0.2, 0.25) is 0 Å². The molecule has 0 bridgehead atoms. The Hall–Kier alpha value is -2.91. The van der Waals surface area contributed by atoms with Gasteiger partial charge in [-0.1, -0.05) is 24.1 Å². The van der Waals surface area contributed by atoms with Crippen molar-refractivity contribution in [3.63, 3.8) is 0 Å². The summed E-state index contributed by atoms with van der Waals surface area (Å²) in [7, 11) is 1.48. The Morgan fingerprint density at radius 2 is 2.05 bits per heavy atom. The molecule has 0 aliphatic rings. The van der Waals surface area contributed by atoms with Gasteiger partial charge in [0.1, 0.15) is 6.07 Å². The summed E-state index contributed by atoms with van der Waals surface area (Å²) in [6, 6.07) is 12.3. The molecule has 0 fully saturated rings. The standard InChI is InChI=1S/C16H11NO2/c1-3-13-12(10-17)5-4-6-14(13)11-7-8-15(18)16(9-11)19-2/h1,4-9,18H,2H3. The van der Waals surface area contributed by atoms with E-state index in [4.69, 9.17) is 16.4 Å². The van der Waals surface area contributed by atoms with E-state index < -0.39 is 0 Å². The topological polar surface area (TPSA) is 53.2 Å². The van der Waals surface area contributed by atoms with Crippen LogP contribution < -0.4 is 4.74 Å². The summed E-state index contributed by atoms with van der Waals surface area (Å²) in [5.74, 6) is 2.96. The molecule has 1 N–H and O–H groups in total. The highest BCUT2D eigenvalue weighted by Gasteiger charge is 2.10. The molecule has 19 heavy (non-hydrogen) atoms. The zero-order valence-electron chi connectivity index (χ0n) is 10.3. The smallest absolute Gasteiger partial charge is 0.161 e. The summed E-state index contributed by atoms with van der Waals surface area (Å²) in [5, 5.41) is 18.6. The van der Waals surface area contributed by atoms with E-state index in [1.807, 2.05) is 6.07 Å². The van der Waals surface area contributed by atoms with Gasteiger partial charge >= 0.3 is 0 Å². The van der Waals surface area contributed by atoms with E-state index in [1.54, 1.807) is 24.3 Å². The van der Waals surface area contributed by atoms with Crippen LogP contribution in [0, 0.1) is 23.7 Å². The molecule has 0 saturated heterocycles. The average Bonchev–Trinajstić information content (AvgIpc) is 2.46. The van der Waals surface area contributed by atoms with E-state index in [0.29, 0.717) is 16.9 Å². The highest BCUT2D eigenvalue weighted by Crippen LogP contribution is 2.33. The third-order valence-corrected chi connectivity index (χ3v) is 2.82. The van der Waals surface area contributed by atoms with Gasteiger partial charge in [0.25, 0.3) is 0 Å². The normalized spacial score (nSPS) is 9.42. The Kier molecular flexibility index (Phi) is 3.41. The number of methoxy groups -OCH3 is 1. The first kappa shape index (κ1) is 12.5. The third kappa shape index (κ3) is 2.22. The van der Waals surface area contributed by atoms with Crippen molar-refractivity contribution >= 4 is 0 Å². The van der Waals surface area contributed by atoms with Crippen molar-refractivity contribution in [2.24, 2.45) is 0 Å². The van der Waals surface area contributed by atoms with Gasteiger partial charge < -0.3 is 9.84 Å². The second kappa shape index (κ2) is 5.16. The average molecular weight is 249 g/mol. The lowest BCUT2D eigenvalue weighted by atomic mass is 9.96. The van der Waals surface area contributed by atoms with Gasteiger partial charge in [-0.15, -0.1) is 6.42 Å². The summed E-state index contributed by atoms with van der Waals surface area (Å²) in [5.41, 5.74) is 2.55. The fraction of sp³-hybridized carbons (Fsp3) is 0.0625.